The molecule has 0 aliphatic rings. The highest BCUT2D eigenvalue weighted by Gasteiger charge is 2.22. The number of halogens is 2. The fourth-order valence-corrected chi connectivity index (χ4v) is 2.38. The van der Waals surface area contributed by atoms with Crippen LogP contribution in [0.3, 0.4) is 0 Å². The summed E-state index contributed by atoms with van der Waals surface area (Å²) in [5.74, 6) is -0.454. The average Bonchev–Trinajstić information content (AvgIpc) is 2.79. The van der Waals surface area contributed by atoms with E-state index < -0.39 is 11.9 Å². The van der Waals surface area contributed by atoms with Crippen molar-refractivity contribution in [3.63, 3.8) is 0 Å². The molecule has 0 aliphatic heterocycles. The van der Waals surface area contributed by atoms with Crippen LogP contribution in [0.2, 0.25) is 5.02 Å². The second-order valence-electron chi connectivity index (χ2n) is 5.33. The van der Waals surface area contributed by atoms with Gasteiger partial charge in [0.2, 0.25) is 0 Å². The lowest BCUT2D eigenvalue weighted by Gasteiger charge is -2.17. The van der Waals surface area contributed by atoms with Crippen LogP contribution in [0.25, 0.3) is 0 Å². The maximum Gasteiger partial charge on any atom is 0.129 e. The van der Waals surface area contributed by atoms with Crippen molar-refractivity contribution in [1.82, 2.24) is 14.7 Å². The van der Waals surface area contributed by atoms with Crippen molar-refractivity contribution < 1.29 is 9.50 Å². The molecule has 0 saturated carbocycles. The summed E-state index contributed by atoms with van der Waals surface area (Å²) in [6.07, 6.45) is 0.339. The normalized spacial score (nSPS) is 12.9. The SMILES string of the molecule is Cc1ccc(F)c(C(O)c2c(Cl)cnn2CCN(C)C)c1. The summed E-state index contributed by atoms with van der Waals surface area (Å²) in [5, 5.41) is 15.0. The summed E-state index contributed by atoms with van der Waals surface area (Å²) in [6.45, 7) is 3.16. The highest BCUT2D eigenvalue weighted by atomic mass is 35.5. The van der Waals surface area contributed by atoms with Crippen LogP contribution >= 0.6 is 11.6 Å². The van der Waals surface area contributed by atoms with Gasteiger partial charge in [-0.3, -0.25) is 4.68 Å². The van der Waals surface area contributed by atoms with E-state index in [-0.39, 0.29) is 5.56 Å². The summed E-state index contributed by atoms with van der Waals surface area (Å²) in [7, 11) is 3.89. The summed E-state index contributed by atoms with van der Waals surface area (Å²) in [5.41, 5.74) is 1.51. The molecule has 0 amide bonds. The standard InChI is InChI=1S/C15H19ClFN3O/c1-10-4-5-13(17)11(8-10)15(21)14-12(16)9-18-20(14)7-6-19(2)3/h4-5,8-9,15,21H,6-7H2,1-3H3. The molecular weight excluding hydrogens is 293 g/mol. The van der Waals surface area contributed by atoms with E-state index in [4.69, 9.17) is 11.6 Å². The van der Waals surface area contributed by atoms with Crippen molar-refractivity contribution in [2.24, 2.45) is 0 Å². The van der Waals surface area contributed by atoms with Gasteiger partial charge < -0.3 is 10.0 Å². The Kier molecular flexibility index (Phi) is 4.98. The van der Waals surface area contributed by atoms with Crippen molar-refractivity contribution >= 4 is 11.6 Å². The monoisotopic (exact) mass is 311 g/mol. The number of rotatable bonds is 5. The summed E-state index contributed by atoms with van der Waals surface area (Å²) in [6, 6.07) is 4.64. The van der Waals surface area contributed by atoms with Crippen LogP contribution in [-0.4, -0.2) is 40.4 Å². The maximum absolute atomic E-state index is 13.9. The number of aliphatic hydroxyl groups excluding tert-OH is 1. The molecule has 21 heavy (non-hydrogen) atoms. The topological polar surface area (TPSA) is 41.3 Å². The number of nitrogens with zero attached hydrogens (tertiary/aromatic N) is 3. The fourth-order valence-electron chi connectivity index (χ4n) is 2.14. The second-order valence-corrected chi connectivity index (χ2v) is 5.74. The average molecular weight is 312 g/mol. The number of likely N-dealkylation sites (N-methyl/N-ethyl adjacent to an activating group) is 1. The second kappa shape index (κ2) is 6.56. The minimum atomic E-state index is -1.14. The Balaban J connectivity index is 2.36. The van der Waals surface area contributed by atoms with Gasteiger partial charge in [-0.15, -0.1) is 0 Å². The zero-order valence-electron chi connectivity index (χ0n) is 12.3. The number of hydrogen-bond donors (Lipinski definition) is 1. The fraction of sp³-hybridized carbons (Fsp3) is 0.400. The molecular formula is C15H19ClFN3O. The van der Waals surface area contributed by atoms with Gasteiger partial charge in [0.1, 0.15) is 11.9 Å². The molecule has 0 aliphatic carbocycles. The van der Waals surface area contributed by atoms with Gasteiger partial charge in [-0.05, 0) is 27.1 Å². The van der Waals surface area contributed by atoms with Crippen LogP contribution in [-0.2, 0) is 6.54 Å². The van der Waals surface area contributed by atoms with Crippen LogP contribution in [0.4, 0.5) is 4.39 Å². The Bertz CT molecular complexity index is 627. The van der Waals surface area contributed by atoms with Crippen molar-refractivity contribution in [3.05, 3.63) is 52.1 Å². The number of aryl methyl sites for hydroxylation is 1. The summed E-state index contributed by atoms with van der Waals surface area (Å²) >= 11 is 6.12. The molecule has 4 nitrogen and oxygen atoms in total. The Morgan fingerprint density at radius 1 is 1.43 bits per heavy atom. The molecule has 0 bridgehead atoms. The lowest BCUT2D eigenvalue weighted by atomic mass is 10.0. The molecule has 0 radical (unpaired) electrons. The Hall–Kier alpha value is -1.43. The minimum Gasteiger partial charge on any atom is -0.382 e. The lowest BCUT2D eigenvalue weighted by molar-refractivity contribution is 0.200. The number of benzene rings is 1. The lowest BCUT2D eigenvalue weighted by Crippen LogP contribution is -2.21. The summed E-state index contributed by atoms with van der Waals surface area (Å²) < 4.78 is 15.6. The first-order valence-electron chi connectivity index (χ1n) is 6.70. The predicted octanol–water partition coefficient (Wildman–Crippen LogP) is 2.63. The van der Waals surface area contributed by atoms with Gasteiger partial charge in [0.05, 0.1) is 23.5 Å². The van der Waals surface area contributed by atoms with Gasteiger partial charge in [0.15, 0.2) is 0 Å². The first-order valence-corrected chi connectivity index (χ1v) is 7.08. The van der Waals surface area contributed by atoms with E-state index in [2.05, 4.69) is 5.10 Å². The molecule has 1 N–H and O–H groups in total. The highest BCUT2D eigenvalue weighted by molar-refractivity contribution is 6.31. The molecule has 1 unspecified atom stereocenters. The van der Waals surface area contributed by atoms with Gasteiger partial charge in [-0.2, -0.15) is 5.10 Å². The smallest absolute Gasteiger partial charge is 0.129 e. The molecule has 1 heterocycles. The molecule has 0 spiro atoms. The van der Waals surface area contributed by atoms with E-state index in [0.717, 1.165) is 12.1 Å². The van der Waals surface area contributed by atoms with Gasteiger partial charge in [-0.1, -0.05) is 29.3 Å². The third kappa shape index (κ3) is 3.61. The van der Waals surface area contributed by atoms with Gasteiger partial charge in [-0.25, -0.2) is 4.39 Å². The number of aromatic nitrogens is 2. The predicted molar refractivity (Wildman–Crippen MR) is 81.0 cm³/mol. The van der Waals surface area contributed by atoms with E-state index in [0.29, 0.717) is 17.3 Å². The van der Waals surface area contributed by atoms with E-state index in [1.807, 2.05) is 25.9 Å². The molecule has 0 fully saturated rings. The highest BCUT2D eigenvalue weighted by Crippen LogP contribution is 2.30. The Labute approximate surface area is 128 Å². The van der Waals surface area contributed by atoms with Crippen LogP contribution < -0.4 is 0 Å². The molecule has 1 aromatic carbocycles. The van der Waals surface area contributed by atoms with Gasteiger partial charge in [0.25, 0.3) is 0 Å². The van der Waals surface area contributed by atoms with Crippen LogP contribution in [0.15, 0.2) is 24.4 Å². The molecule has 1 aromatic heterocycles. The van der Waals surface area contributed by atoms with Crippen molar-refractivity contribution in [2.45, 2.75) is 19.6 Å². The number of hydrogen-bond acceptors (Lipinski definition) is 3. The Morgan fingerprint density at radius 3 is 2.81 bits per heavy atom. The molecule has 0 saturated heterocycles. The summed E-state index contributed by atoms with van der Waals surface area (Å²) in [4.78, 5) is 2.00. The molecule has 114 valence electrons. The third-order valence-electron chi connectivity index (χ3n) is 3.30. The zero-order chi connectivity index (χ0) is 15.6. The number of aliphatic hydroxyl groups is 1. The van der Waals surface area contributed by atoms with Crippen LogP contribution in [0, 0.1) is 12.7 Å². The van der Waals surface area contributed by atoms with Crippen LogP contribution in [0.1, 0.15) is 22.9 Å². The zero-order valence-corrected chi connectivity index (χ0v) is 13.1. The third-order valence-corrected chi connectivity index (χ3v) is 3.59. The van der Waals surface area contributed by atoms with Crippen LogP contribution in [0.5, 0.6) is 0 Å². The van der Waals surface area contributed by atoms with Gasteiger partial charge in [0, 0.05) is 12.1 Å². The largest absolute Gasteiger partial charge is 0.382 e. The minimum absolute atomic E-state index is 0.212. The van der Waals surface area contributed by atoms with Crippen molar-refractivity contribution in [2.75, 3.05) is 20.6 Å². The quantitative estimate of drug-likeness (QED) is 0.923. The molecule has 1 atom stereocenters. The van der Waals surface area contributed by atoms with E-state index in [1.54, 1.807) is 16.8 Å². The van der Waals surface area contributed by atoms with E-state index in [9.17, 15) is 9.50 Å². The van der Waals surface area contributed by atoms with Gasteiger partial charge >= 0.3 is 0 Å². The molecule has 2 rings (SSSR count). The van der Waals surface area contributed by atoms with E-state index >= 15 is 0 Å². The molecule has 6 heteroatoms. The first kappa shape index (κ1) is 15.9. The Morgan fingerprint density at radius 2 is 2.14 bits per heavy atom. The van der Waals surface area contributed by atoms with E-state index in [1.165, 1.54) is 12.3 Å². The first-order chi connectivity index (χ1) is 9.90. The van der Waals surface area contributed by atoms with Crippen molar-refractivity contribution in [1.29, 1.82) is 0 Å². The maximum atomic E-state index is 13.9. The molecule has 2 aromatic rings. The van der Waals surface area contributed by atoms with Crippen molar-refractivity contribution in [3.8, 4) is 0 Å².